The number of carbonyl (C=O) groups is 3. The summed E-state index contributed by atoms with van der Waals surface area (Å²) in [6.07, 6.45) is 0.0693. The van der Waals surface area contributed by atoms with Gasteiger partial charge in [-0.2, -0.15) is 0 Å². The zero-order chi connectivity index (χ0) is 21.3. The highest BCUT2D eigenvalue weighted by Crippen LogP contribution is 2.30. The Balaban J connectivity index is 1.72. The number of imide groups is 1. The highest BCUT2D eigenvalue weighted by Gasteiger charge is 2.42. The van der Waals surface area contributed by atoms with Gasteiger partial charge < -0.3 is 5.32 Å². The highest BCUT2D eigenvalue weighted by atomic mass is 16.2. The van der Waals surface area contributed by atoms with E-state index >= 15 is 0 Å². The smallest absolute Gasteiger partial charge is 0.251 e. The summed E-state index contributed by atoms with van der Waals surface area (Å²) in [6, 6.07) is 10.8. The number of rotatable bonds is 5. The highest BCUT2D eigenvalue weighted by molar-refractivity contribution is 6.23. The van der Waals surface area contributed by atoms with Crippen LogP contribution < -0.4 is 10.2 Å². The van der Waals surface area contributed by atoms with Gasteiger partial charge in [0.05, 0.1) is 24.7 Å². The number of para-hydroxylation sites is 1. The van der Waals surface area contributed by atoms with Gasteiger partial charge in [-0.25, -0.2) is 4.90 Å². The van der Waals surface area contributed by atoms with Crippen LogP contribution in [0.25, 0.3) is 0 Å². The lowest BCUT2D eigenvalue weighted by molar-refractivity contribution is -0.123. The number of likely N-dealkylation sites (N-methyl/N-ethyl adjacent to an activating group) is 1. The van der Waals surface area contributed by atoms with E-state index in [-0.39, 0.29) is 30.7 Å². The predicted octanol–water partition coefficient (Wildman–Crippen LogP) is 3.12. The number of amides is 3. The van der Waals surface area contributed by atoms with Crippen LogP contribution in [0.2, 0.25) is 0 Å². The van der Waals surface area contributed by atoms with E-state index in [1.54, 1.807) is 11.9 Å². The van der Waals surface area contributed by atoms with E-state index < -0.39 is 6.04 Å². The summed E-state index contributed by atoms with van der Waals surface area (Å²) in [5.74, 6) is -0.736. The first kappa shape index (κ1) is 20.7. The fourth-order valence-corrected chi connectivity index (χ4v) is 3.77. The molecule has 2 aromatic rings. The van der Waals surface area contributed by atoms with Gasteiger partial charge in [-0.3, -0.25) is 19.3 Å². The Morgan fingerprint density at radius 1 is 1.03 bits per heavy atom. The Morgan fingerprint density at radius 3 is 2.28 bits per heavy atom. The summed E-state index contributed by atoms with van der Waals surface area (Å²) in [6.45, 7) is 7.74. The van der Waals surface area contributed by atoms with Gasteiger partial charge in [0.25, 0.3) is 5.91 Å². The van der Waals surface area contributed by atoms with Crippen LogP contribution in [0.15, 0.2) is 36.4 Å². The Morgan fingerprint density at radius 2 is 1.62 bits per heavy atom. The molecule has 0 spiro atoms. The number of hydrogen-bond donors (Lipinski definition) is 1. The fourth-order valence-electron chi connectivity index (χ4n) is 3.77. The molecular formula is C23H27N3O3. The van der Waals surface area contributed by atoms with Crippen molar-refractivity contribution in [1.29, 1.82) is 0 Å². The normalized spacial score (nSPS) is 16.6. The Labute approximate surface area is 171 Å². The van der Waals surface area contributed by atoms with Crippen LogP contribution in [-0.2, 0) is 14.4 Å². The molecule has 0 unspecified atom stereocenters. The second-order valence-electron chi connectivity index (χ2n) is 7.74. The Hall–Kier alpha value is -2.99. The van der Waals surface area contributed by atoms with Crippen LogP contribution in [0, 0.1) is 27.7 Å². The van der Waals surface area contributed by atoms with E-state index in [4.69, 9.17) is 0 Å². The molecule has 1 fully saturated rings. The summed E-state index contributed by atoms with van der Waals surface area (Å²) >= 11 is 0. The molecule has 29 heavy (non-hydrogen) atoms. The van der Waals surface area contributed by atoms with E-state index in [9.17, 15) is 14.4 Å². The third-order valence-electron chi connectivity index (χ3n) is 5.59. The van der Waals surface area contributed by atoms with Crippen LogP contribution in [-0.4, -0.2) is 42.3 Å². The van der Waals surface area contributed by atoms with Crippen molar-refractivity contribution in [1.82, 2.24) is 4.90 Å². The fraction of sp³-hybridized carbons (Fsp3) is 0.348. The number of nitrogens with zero attached hydrogens (tertiary/aromatic N) is 2. The van der Waals surface area contributed by atoms with Crippen LogP contribution in [0.4, 0.5) is 11.4 Å². The molecule has 0 aliphatic carbocycles. The Kier molecular flexibility index (Phi) is 5.84. The molecule has 2 aromatic carbocycles. The molecule has 3 amide bonds. The minimum atomic E-state index is -0.647. The number of anilines is 2. The molecule has 0 saturated carbocycles. The molecule has 0 radical (unpaired) electrons. The third-order valence-corrected chi connectivity index (χ3v) is 5.59. The lowest BCUT2D eigenvalue weighted by Crippen LogP contribution is -2.43. The molecular weight excluding hydrogens is 366 g/mol. The van der Waals surface area contributed by atoms with Crippen molar-refractivity contribution < 1.29 is 14.4 Å². The molecule has 6 heteroatoms. The van der Waals surface area contributed by atoms with Crippen molar-refractivity contribution in [2.24, 2.45) is 0 Å². The van der Waals surface area contributed by atoms with Crippen LogP contribution in [0.5, 0.6) is 0 Å². The average Bonchev–Trinajstić information content (AvgIpc) is 2.94. The average molecular weight is 393 g/mol. The molecule has 1 atom stereocenters. The van der Waals surface area contributed by atoms with Crippen LogP contribution in [0.1, 0.15) is 28.7 Å². The summed E-state index contributed by atoms with van der Waals surface area (Å²) in [7, 11) is 1.70. The molecule has 6 nitrogen and oxygen atoms in total. The van der Waals surface area contributed by atoms with Crippen molar-refractivity contribution in [2.45, 2.75) is 40.2 Å². The topological polar surface area (TPSA) is 69.7 Å². The number of nitrogens with one attached hydrogen (secondary N) is 1. The lowest BCUT2D eigenvalue weighted by atomic mass is 10.1. The van der Waals surface area contributed by atoms with Crippen molar-refractivity contribution in [2.75, 3.05) is 23.8 Å². The maximum Gasteiger partial charge on any atom is 0.251 e. The quantitative estimate of drug-likeness (QED) is 0.793. The summed E-state index contributed by atoms with van der Waals surface area (Å²) < 4.78 is 0. The minimum Gasteiger partial charge on any atom is -0.325 e. The molecule has 1 saturated heterocycles. The van der Waals surface area contributed by atoms with Gasteiger partial charge in [-0.15, -0.1) is 0 Å². The van der Waals surface area contributed by atoms with E-state index in [2.05, 4.69) is 5.32 Å². The van der Waals surface area contributed by atoms with Crippen molar-refractivity contribution in [3.05, 3.63) is 58.7 Å². The summed E-state index contributed by atoms with van der Waals surface area (Å²) in [5, 5.41) is 2.90. The van der Waals surface area contributed by atoms with Gasteiger partial charge in [0.15, 0.2) is 0 Å². The SMILES string of the molecule is Cc1cccc(NC(=O)CN(C)[C@@H]2CC(=O)N(c3c(C)cccc3C)C2=O)c1C. The first-order chi connectivity index (χ1) is 13.7. The van der Waals surface area contributed by atoms with Gasteiger partial charge in [0.2, 0.25) is 11.8 Å². The largest absolute Gasteiger partial charge is 0.325 e. The minimum absolute atomic E-state index is 0.0255. The zero-order valence-electron chi connectivity index (χ0n) is 17.6. The van der Waals surface area contributed by atoms with Gasteiger partial charge in [-0.05, 0) is 63.1 Å². The molecule has 1 aliphatic rings. The first-order valence-corrected chi connectivity index (χ1v) is 9.70. The van der Waals surface area contributed by atoms with Crippen molar-refractivity contribution in [3.63, 3.8) is 0 Å². The van der Waals surface area contributed by atoms with Crippen LogP contribution >= 0.6 is 0 Å². The summed E-state index contributed by atoms with van der Waals surface area (Å²) in [4.78, 5) is 41.1. The monoisotopic (exact) mass is 393 g/mol. The second kappa shape index (κ2) is 8.17. The number of hydrogen-bond acceptors (Lipinski definition) is 4. The second-order valence-corrected chi connectivity index (χ2v) is 7.74. The molecule has 0 aromatic heterocycles. The first-order valence-electron chi connectivity index (χ1n) is 9.70. The van der Waals surface area contributed by atoms with E-state index in [1.165, 1.54) is 4.90 Å². The Bertz CT molecular complexity index is 963. The van der Waals surface area contributed by atoms with Crippen molar-refractivity contribution in [3.8, 4) is 0 Å². The number of benzene rings is 2. The number of carbonyl (C=O) groups excluding carboxylic acids is 3. The van der Waals surface area contributed by atoms with E-state index in [1.807, 2.05) is 64.1 Å². The molecule has 1 heterocycles. The number of aryl methyl sites for hydroxylation is 3. The lowest BCUT2D eigenvalue weighted by Gasteiger charge is -2.24. The van der Waals surface area contributed by atoms with E-state index in [0.717, 1.165) is 27.9 Å². The molecule has 1 N–H and O–H groups in total. The molecule has 3 rings (SSSR count). The van der Waals surface area contributed by atoms with Gasteiger partial charge in [0, 0.05) is 5.69 Å². The third kappa shape index (κ3) is 4.07. The standard InChI is InChI=1S/C23H27N3O3/c1-14-8-7-11-18(17(14)4)24-20(27)13-25(5)19-12-21(28)26(23(19)29)22-15(2)9-6-10-16(22)3/h6-11,19H,12-13H2,1-5H3,(H,24,27)/t19-/m1/s1. The molecule has 152 valence electrons. The predicted molar refractivity (Wildman–Crippen MR) is 114 cm³/mol. The molecule has 0 bridgehead atoms. The van der Waals surface area contributed by atoms with E-state index in [0.29, 0.717) is 5.69 Å². The van der Waals surface area contributed by atoms with Crippen molar-refractivity contribution >= 4 is 29.1 Å². The zero-order valence-corrected chi connectivity index (χ0v) is 17.6. The maximum absolute atomic E-state index is 13.0. The van der Waals surface area contributed by atoms with Gasteiger partial charge >= 0.3 is 0 Å². The van der Waals surface area contributed by atoms with Gasteiger partial charge in [-0.1, -0.05) is 30.3 Å². The molecule has 1 aliphatic heterocycles. The van der Waals surface area contributed by atoms with Crippen LogP contribution in [0.3, 0.4) is 0 Å². The van der Waals surface area contributed by atoms with Gasteiger partial charge in [0.1, 0.15) is 0 Å². The maximum atomic E-state index is 13.0. The summed E-state index contributed by atoms with van der Waals surface area (Å²) in [5.41, 5.74) is 5.27.